The first-order valence-electron chi connectivity index (χ1n) is 11.6. The van der Waals surface area contributed by atoms with E-state index < -0.39 is 17.1 Å². The van der Waals surface area contributed by atoms with Crippen molar-refractivity contribution in [1.82, 2.24) is 15.3 Å². The van der Waals surface area contributed by atoms with E-state index in [9.17, 15) is 14.1 Å². The number of carbonyl (C=O) groups excluding carboxylic acids is 2. The Bertz CT molecular complexity index is 1250. The second-order valence-corrected chi connectivity index (χ2v) is 10.4. The third kappa shape index (κ3) is 6.64. The number of nitrogens with one attached hydrogen (secondary N) is 2. The molecule has 2 N–H and O–H groups in total. The Morgan fingerprint density at radius 3 is 2.67 bits per heavy atom. The van der Waals surface area contributed by atoms with E-state index in [1.807, 2.05) is 0 Å². The highest BCUT2D eigenvalue weighted by Gasteiger charge is 2.24. The van der Waals surface area contributed by atoms with Crippen molar-refractivity contribution in [3.63, 3.8) is 0 Å². The zero-order valence-electron chi connectivity index (χ0n) is 20.0. The van der Waals surface area contributed by atoms with Gasteiger partial charge in [-0.1, -0.05) is 17.7 Å². The molecule has 1 atom stereocenters. The molecular weight excluding hydrogens is 499 g/mol. The third-order valence-electron chi connectivity index (χ3n) is 5.82. The third-order valence-corrected chi connectivity index (χ3v) is 6.96. The fraction of sp³-hybridized carbons (Fsp3) is 0.280. The fourth-order valence-electron chi connectivity index (χ4n) is 3.92. The smallest absolute Gasteiger partial charge is 0.274 e. The summed E-state index contributed by atoms with van der Waals surface area (Å²) in [5.74, 6) is 0.265. The Morgan fingerprint density at radius 2 is 1.97 bits per heavy atom. The maximum atomic E-state index is 13.5. The van der Waals surface area contributed by atoms with Crippen LogP contribution in [0, 0.1) is 6.92 Å². The highest BCUT2D eigenvalue weighted by Crippen LogP contribution is 2.26. The summed E-state index contributed by atoms with van der Waals surface area (Å²) in [4.78, 5) is 35.5. The van der Waals surface area contributed by atoms with Gasteiger partial charge in [-0.25, -0.2) is 9.97 Å². The maximum absolute atomic E-state index is 13.5. The zero-order chi connectivity index (χ0) is 25.7. The molecule has 3 aromatic rings. The number of aryl methyl sites for hydroxylation is 1. The predicted octanol–water partition coefficient (Wildman–Crippen LogP) is 2.46. The molecule has 1 fully saturated rings. The number of benzene rings is 1. The van der Waals surface area contributed by atoms with E-state index >= 15 is 0 Å². The monoisotopic (exact) mass is 524 g/mol. The molecule has 1 amide bonds. The number of hydrogen-bond acceptors (Lipinski definition) is 7. The van der Waals surface area contributed by atoms with Crippen molar-refractivity contribution in [2.75, 3.05) is 24.7 Å². The molecule has 8 nitrogen and oxygen atoms in total. The van der Waals surface area contributed by atoms with Gasteiger partial charge >= 0.3 is 0 Å². The molecule has 11 heteroatoms. The molecule has 0 spiro atoms. The number of anilines is 1. The molecule has 3 heterocycles. The molecule has 1 aromatic carbocycles. The molecular formula is C25H26BClN4O4S. The van der Waals surface area contributed by atoms with Crippen LogP contribution in [0.5, 0.6) is 5.75 Å². The summed E-state index contributed by atoms with van der Waals surface area (Å²) in [5, 5.41) is 6.45. The average Bonchev–Trinajstić information content (AvgIpc) is 2.87. The van der Waals surface area contributed by atoms with E-state index in [0.29, 0.717) is 38.2 Å². The van der Waals surface area contributed by atoms with Gasteiger partial charge in [-0.15, -0.1) is 0 Å². The van der Waals surface area contributed by atoms with Crippen LogP contribution < -0.4 is 20.8 Å². The van der Waals surface area contributed by atoms with Crippen LogP contribution in [0.25, 0.3) is 0 Å². The van der Waals surface area contributed by atoms with Gasteiger partial charge < -0.3 is 24.7 Å². The van der Waals surface area contributed by atoms with Gasteiger partial charge in [0.2, 0.25) is 7.28 Å². The molecule has 4 rings (SSSR count). The quantitative estimate of drug-likeness (QED) is 0.343. The van der Waals surface area contributed by atoms with Gasteiger partial charge in [0.1, 0.15) is 35.3 Å². The molecule has 0 radical (unpaired) electrons. The van der Waals surface area contributed by atoms with Gasteiger partial charge in [-0.2, -0.15) is 0 Å². The van der Waals surface area contributed by atoms with E-state index in [1.54, 1.807) is 55.6 Å². The molecule has 36 heavy (non-hydrogen) atoms. The summed E-state index contributed by atoms with van der Waals surface area (Å²) in [6, 6.07) is 11.7. The molecule has 1 saturated heterocycles. The van der Waals surface area contributed by atoms with E-state index in [-0.39, 0.29) is 24.8 Å². The number of ether oxygens (including phenoxy) is 1. The summed E-state index contributed by atoms with van der Waals surface area (Å²) < 4.78 is 18.3. The molecule has 0 saturated carbocycles. The number of piperidine rings is 1. The van der Waals surface area contributed by atoms with E-state index in [1.165, 1.54) is 6.20 Å². The number of amides is 1. The second-order valence-electron chi connectivity index (χ2n) is 8.56. The SMILES string of the molecule is Cc1ccc(BC(=O)c2ccc([S+](C)[O-])cc2OC2CCNCC2)c(C(=O)Nc2ccc(Cl)cn2)n1. The normalized spacial score (nSPS) is 14.7. The number of nitrogens with zero attached hydrogens (tertiary/aromatic N) is 2. The first-order chi connectivity index (χ1) is 17.3. The molecule has 186 valence electrons. The van der Waals surface area contributed by atoms with Gasteiger partial charge in [-0.05, 0) is 79.8 Å². The number of aromatic nitrogens is 2. The lowest BCUT2D eigenvalue weighted by Crippen LogP contribution is -2.35. The van der Waals surface area contributed by atoms with Crippen molar-refractivity contribution in [2.24, 2.45) is 0 Å². The minimum absolute atomic E-state index is 0.0346. The zero-order valence-corrected chi connectivity index (χ0v) is 21.6. The summed E-state index contributed by atoms with van der Waals surface area (Å²) in [6.45, 7) is 3.45. The van der Waals surface area contributed by atoms with Gasteiger partial charge in [0, 0.05) is 23.5 Å². The average molecular weight is 525 g/mol. The molecule has 1 aliphatic rings. The minimum atomic E-state index is -1.22. The molecule has 2 aromatic heterocycles. The first kappa shape index (κ1) is 26.2. The highest BCUT2D eigenvalue weighted by molar-refractivity contribution is 7.90. The van der Waals surface area contributed by atoms with E-state index in [4.69, 9.17) is 16.3 Å². The van der Waals surface area contributed by atoms with Crippen LogP contribution in [0.1, 0.15) is 39.4 Å². The summed E-state index contributed by atoms with van der Waals surface area (Å²) in [7, 11) is -0.0543. The lowest BCUT2D eigenvalue weighted by atomic mass is 9.63. The van der Waals surface area contributed by atoms with Crippen LogP contribution in [-0.2, 0) is 11.2 Å². The molecule has 1 aliphatic heterocycles. The molecule has 1 unspecified atom stereocenters. The number of hydrogen-bond donors (Lipinski definition) is 2. The minimum Gasteiger partial charge on any atom is -0.612 e. The Labute approximate surface area is 218 Å². The van der Waals surface area contributed by atoms with Crippen molar-refractivity contribution in [1.29, 1.82) is 0 Å². The van der Waals surface area contributed by atoms with Crippen molar-refractivity contribution >= 4 is 52.9 Å². The summed E-state index contributed by atoms with van der Waals surface area (Å²) >= 11 is 4.65. The number of halogens is 1. The Balaban J connectivity index is 1.59. The highest BCUT2D eigenvalue weighted by atomic mass is 35.5. The van der Waals surface area contributed by atoms with Crippen molar-refractivity contribution < 1.29 is 18.9 Å². The van der Waals surface area contributed by atoms with Crippen molar-refractivity contribution in [3.8, 4) is 5.75 Å². The maximum Gasteiger partial charge on any atom is 0.274 e. The topological polar surface area (TPSA) is 116 Å². The first-order valence-corrected chi connectivity index (χ1v) is 13.5. The Kier molecular flexibility index (Phi) is 8.63. The fourth-order valence-corrected chi connectivity index (χ4v) is 4.56. The van der Waals surface area contributed by atoms with Crippen LogP contribution in [0.3, 0.4) is 0 Å². The van der Waals surface area contributed by atoms with Crippen LogP contribution >= 0.6 is 11.6 Å². The largest absolute Gasteiger partial charge is 0.612 e. The lowest BCUT2D eigenvalue weighted by Gasteiger charge is -2.25. The van der Waals surface area contributed by atoms with Crippen LogP contribution in [0.2, 0.25) is 5.02 Å². The second kappa shape index (κ2) is 11.9. The number of rotatable bonds is 8. The van der Waals surface area contributed by atoms with E-state index in [2.05, 4.69) is 20.6 Å². The van der Waals surface area contributed by atoms with Gasteiger partial charge in [-0.3, -0.25) is 4.79 Å². The van der Waals surface area contributed by atoms with Crippen molar-refractivity contribution in [2.45, 2.75) is 30.8 Å². The standard InChI is InChI=1S/C25H26BClN4O4S/c1-15-3-7-20(23(30-15)25(33)31-22-8-4-16(27)14-29-22)26-24(32)19-6-5-18(36(2)34)13-21(19)35-17-9-11-28-12-10-17/h3-8,13-14,17,26,28H,9-12H2,1-2H3,(H,29,31,33). The van der Waals surface area contributed by atoms with Gasteiger partial charge in [0.05, 0.1) is 5.02 Å². The van der Waals surface area contributed by atoms with Crippen LogP contribution in [0.4, 0.5) is 5.82 Å². The van der Waals surface area contributed by atoms with Crippen LogP contribution in [0.15, 0.2) is 53.6 Å². The van der Waals surface area contributed by atoms with E-state index in [0.717, 1.165) is 25.9 Å². The number of carbonyl (C=O) groups is 2. The summed E-state index contributed by atoms with van der Waals surface area (Å²) in [5.41, 5.74) is 1.43. The lowest BCUT2D eigenvalue weighted by molar-refractivity contribution is 0.102. The van der Waals surface area contributed by atoms with Crippen molar-refractivity contribution in [3.05, 3.63) is 70.6 Å². The summed E-state index contributed by atoms with van der Waals surface area (Å²) in [6.07, 6.45) is 4.62. The van der Waals surface area contributed by atoms with Gasteiger partial charge in [0.15, 0.2) is 4.90 Å². The van der Waals surface area contributed by atoms with Crippen LogP contribution in [-0.4, -0.2) is 58.8 Å². The number of pyridine rings is 2. The predicted molar refractivity (Wildman–Crippen MR) is 143 cm³/mol. The Hall–Kier alpha value is -2.92. The molecule has 0 aliphatic carbocycles. The van der Waals surface area contributed by atoms with Gasteiger partial charge in [0.25, 0.3) is 5.91 Å². The Morgan fingerprint density at radius 1 is 1.19 bits per heavy atom. The molecule has 0 bridgehead atoms.